The van der Waals surface area contributed by atoms with Crippen LogP contribution < -0.4 is 5.73 Å². The van der Waals surface area contributed by atoms with Gasteiger partial charge >= 0.3 is 0 Å². The van der Waals surface area contributed by atoms with Gasteiger partial charge in [-0.15, -0.1) is 0 Å². The van der Waals surface area contributed by atoms with E-state index in [0.29, 0.717) is 18.1 Å². The first-order chi connectivity index (χ1) is 10.0. The van der Waals surface area contributed by atoms with Gasteiger partial charge in [0.15, 0.2) is 5.82 Å². The Bertz CT molecular complexity index is 617. The number of rotatable bonds is 3. The molecule has 0 amide bonds. The lowest BCUT2D eigenvalue weighted by atomic mass is 9.77. The summed E-state index contributed by atoms with van der Waals surface area (Å²) in [7, 11) is 0. The van der Waals surface area contributed by atoms with E-state index in [1.54, 1.807) is 0 Å². The third-order valence-electron chi connectivity index (χ3n) is 4.32. The first-order valence-corrected chi connectivity index (χ1v) is 8.21. The van der Waals surface area contributed by atoms with Crippen molar-refractivity contribution in [3.8, 4) is 0 Å². The van der Waals surface area contributed by atoms with Gasteiger partial charge in [0.2, 0.25) is 5.89 Å². The van der Waals surface area contributed by atoms with E-state index in [0.717, 1.165) is 41.6 Å². The van der Waals surface area contributed by atoms with Gasteiger partial charge in [-0.2, -0.15) is 4.98 Å². The van der Waals surface area contributed by atoms with Gasteiger partial charge in [-0.25, -0.2) is 0 Å². The highest BCUT2D eigenvalue weighted by atomic mass is 79.9. The molecule has 5 heteroatoms. The highest BCUT2D eigenvalue weighted by Gasteiger charge is 2.36. The van der Waals surface area contributed by atoms with Crippen molar-refractivity contribution >= 4 is 15.9 Å². The monoisotopic (exact) mass is 349 g/mol. The van der Waals surface area contributed by atoms with Crippen LogP contribution in [0.5, 0.6) is 0 Å². The fraction of sp³-hybridized carbons (Fsp3) is 0.500. The Labute approximate surface area is 133 Å². The number of hydrogen-bond acceptors (Lipinski definition) is 4. The molecule has 0 saturated heterocycles. The second-order valence-electron chi connectivity index (χ2n) is 6.16. The molecule has 2 aromatic rings. The van der Waals surface area contributed by atoms with Gasteiger partial charge in [-0.3, -0.25) is 0 Å². The summed E-state index contributed by atoms with van der Waals surface area (Å²) in [5.41, 5.74) is 7.21. The molecule has 1 aliphatic rings. The van der Waals surface area contributed by atoms with Gasteiger partial charge in [0.05, 0.1) is 12.0 Å². The average molecular weight is 350 g/mol. The van der Waals surface area contributed by atoms with E-state index >= 15 is 0 Å². The van der Waals surface area contributed by atoms with Crippen molar-refractivity contribution in [3.05, 3.63) is 46.0 Å². The normalized spacial score (nSPS) is 26.0. The number of nitrogens with zero attached hydrogens (tertiary/aromatic N) is 2. The van der Waals surface area contributed by atoms with E-state index in [9.17, 15) is 0 Å². The predicted octanol–water partition coefficient (Wildman–Crippen LogP) is 3.79. The maximum absolute atomic E-state index is 6.48. The van der Waals surface area contributed by atoms with E-state index in [-0.39, 0.29) is 0 Å². The van der Waals surface area contributed by atoms with Crippen LogP contribution in [-0.2, 0) is 12.0 Å². The second kappa shape index (κ2) is 5.89. The molecule has 1 heterocycles. The highest BCUT2D eigenvalue weighted by Crippen LogP contribution is 2.36. The first kappa shape index (κ1) is 14.7. The van der Waals surface area contributed by atoms with E-state index < -0.39 is 5.54 Å². The molecule has 0 unspecified atom stereocenters. The summed E-state index contributed by atoms with van der Waals surface area (Å²) in [6.45, 7) is 2.27. The van der Waals surface area contributed by atoms with Gasteiger partial charge in [0, 0.05) is 4.47 Å². The third kappa shape index (κ3) is 3.35. The zero-order chi connectivity index (χ0) is 14.9. The van der Waals surface area contributed by atoms with Crippen LogP contribution in [-0.4, -0.2) is 10.1 Å². The number of aromatic nitrogens is 2. The zero-order valence-electron chi connectivity index (χ0n) is 12.2. The Morgan fingerprint density at radius 3 is 2.86 bits per heavy atom. The molecule has 4 nitrogen and oxygen atoms in total. The van der Waals surface area contributed by atoms with Crippen molar-refractivity contribution in [2.75, 3.05) is 0 Å². The Morgan fingerprint density at radius 1 is 1.38 bits per heavy atom. The SMILES string of the molecule is CC1CCC(N)(c2noc(Cc3cccc(Br)c3)n2)CC1. The first-order valence-electron chi connectivity index (χ1n) is 7.41. The lowest BCUT2D eigenvalue weighted by molar-refractivity contribution is 0.230. The summed E-state index contributed by atoms with van der Waals surface area (Å²) < 4.78 is 6.45. The minimum Gasteiger partial charge on any atom is -0.339 e. The van der Waals surface area contributed by atoms with Crippen LogP contribution in [0, 0.1) is 5.92 Å². The molecule has 0 radical (unpaired) electrons. The fourth-order valence-electron chi connectivity index (χ4n) is 2.85. The zero-order valence-corrected chi connectivity index (χ0v) is 13.8. The van der Waals surface area contributed by atoms with Gasteiger partial charge in [0.25, 0.3) is 0 Å². The average Bonchev–Trinajstić information content (AvgIpc) is 2.92. The maximum Gasteiger partial charge on any atom is 0.231 e. The van der Waals surface area contributed by atoms with E-state index in [2.05, 4.69) is 45.1 Å². The molecule has 21 heavy (non-hydrogen) atoms. The van der Waals surface area contributed by atoms with Crippen LogP contribution in [0.25, 0.3) is 0 Å². The summed E-state index contributed by atoms with van der Waals surface area (Å²) >= 11 is 3.47. The quantitative estimate of drug-likeness (QED) is 0.915. The molecule has 0 aliphatic heterocycles. The van der Waals surface area contributed by atoms with E-state index in [4.69, 9.17) is 10.3 Å². The summed E-state index contributed by atoms with van der Waals surface area (Å²) in [6.07, 6.45) is 4.77. The second-order valence-corrected chi connectivity index (χ2v) is 7.07. The molecule has 1 aromatic heterocycles. The molecule has 0 bridgehead atoms. The van der Waals surface area contributed by atoms with Crippen molar-refractivity contribution in [1.82, 2.24) is 10.1 Å². The van der Waals surface area contributed by atoms with Crippen LogP contribution in [0.2, 0.25) is 0 Å². The minimum atomic E-state index is -0.411. The lowest BCUT2D eigenvalue weighted by Gasteiger charge is -2.33. The molecule has 1 saturated carbocycles. The predicted molar refractivity (Wildman–Crippen MR) is 84.7 cm³/mol. The lowest BCUT2D eigenvalue weighted by Crippen LogP contribution is -2.41. The van der Waals surface area contributed by atoms with Crippen LogP contribution in [0.4, 0.5) is 0 Å². The van der Waals surface area contributed by atoms with Crippen LogP contribution in [0.1, 0.15) is 49.9 Å². The molecule has 112 valence electrons. The number of nitrogens with two attached hydrogens (primary N) is 1. The van der Waals surface area contributed by atoms with Gasteiger partial charge in [-0.1, -0.05) is 40.1 Å². The summed E-state index contributed by atoms with van der Waals surface area (Å²) in [4.78, 5) is 4.54. The van der Waals surface area contributed by atoms with E-state index in [1.807, 2.05) is 12.1 Å². The highest BCUT2D eigenvalue weighted by molar-refractivity contribution is 9.10. The minimum absolute atomic E-state index is 0.411. The van der Waals surface area contributed by atoms with Crippen molar-refractivity contribution in [3.63, 3.8) is 0 Å². The van der Waals surface area contributed by atoms with Crippen molar-refractivity contribution in [2.24, 2.45) is 11.7 Å². The molecule has 3 rings (SSSR count). The Balaban J connectivity index is 1.74. The molecular formula is C16H20BrN3O. The third-order valence-corrected chi connectivity index (χ3v) is 4.82. The molecule has 2 N–H and O–H groups in total. The number of benzene rings is 1. The molecule has 1 aliphatic carbocycles. The summed E-state index contributed by atoms with van der Waals surface area (Å²) in [6, 6.07) is 8.12. The maximum atomic E-state index is 6.48. The molecular weight excluding hydrogens is 330 g/mol. The Hall–Kier alpha value is -1.20. The van der Waals surface area contributed by atoms with Crippen molar-refractivity contribution in [2.45, 2.75) is 44.6 Å². The Morgan fingerprint density at radius 2 is 2.14 bits per heavy atom. The number of hydrogen-bond donors (Lipinski definition) is 1. The van der Waals surface area contributed by atoms with Crippen LogP contribution in [0.15, 0.2) is 33.3 Å². The summed E-state index contributed by atoms with van der Waals surface area (Å²) in [5.74, 6) is 2.04. The van der Waals surface area contributed by atoms with Crippen LogP contribution in [0.3, 0.4) is 0 Å². The molecule has 0 spiro atoms. The standard InChI is InChI=1S/C16H20BrN3O/c1-11-5-7-16(18,8-6-11)15-19-14(21-20-15)10-12-3-2-4-13(17)9-12/h2-4,9,11H,5-8,10,18H2,1H3. The van der Waals surface area contributed by atoms with Crippen LogP contribution >= 0.6 is 15.9 Å². The molecule has 0 atom stereocenters. The fourth-order valence-corrected chi connectivity index (χ4v) is 3.30. The van der Waals surface area contributed by atoms with E-state index in [1.165, 1.54) is 0 Å². The van der Waals surface area contributed by atoms with Gasteiger partial charge in [0.1, 0.15) is 0 Å². The van der Waals surface area contributed by atoms with Crippen molar-refractivity contribution < 1.29 is 4.52 Å². The largest absolute Gasteiger partial charge is 0.339 e. The summed E-state index contributed by atoms with van der Waals surface area (Å²) in [5, 5.41) is 4.13. The molecule has 1 aromatic carbocycles. The smallest absolute Gasteiger partial charge is 0.231 e. The van der Waals surface area contributed by atoms with Gasteiger partial charge in [-0.05, 0) is 49.3 Å². The topological polar surface area (TPSA) is 64.9 Å². The Kier molecular flexibility index (Phi) is 4.13. The van der Waals surface area contributed by atoms with Gasteiger partial charge < -0.3 is 10.3 Å². The van der Waals surface area contributed by atoms with Crippen molar-refractivity contribution in [1.29, 1.82) is 0 Å². The number of halogens is 1. The molecule has 1 fully saturated rings.